The summed E-state index contributed by atoms with van der Waals surface area (Å²) in [5, 5.41) is 2.86. The van der Waals surface area contributed by atoms with Gasteiger partial charge in [-0.25, -0.2) is 0 Å². The molecule has 1 aromatic carbocycles. The van der Waals surface area contributed by atoms with Gasteiger partial charge in [-0.1, -0.05) is 26.0 Å². The van der Waals surface area contributed by atoms with E-state index in [4.69, 9.17) is 0 Å². The van der Waals surface area contributed by atoms with Gasteiger partial charge in [-0.3, -0.25) is 4.79 Å². The second-order valence-corrected chi connectivity index (χ2v) is 4.48. The second-order valence-electron chi connectivity index (χ2n) is 3.63. The van der Waals surface area contributed by atoms with Crippen molar-refractivity contribution < 1.29 is 4.79 Å². The van der Waals surface area contributed by atoms with E-state index in [0.29, 0.717) is 12.3 Å². The number of benzene rings is 1. The minimum Gasteiger partial charge on any atom is -0.325 e. The summed E-state index contributed by atoms with van der Waals surface area (Å²) in [4.78, 5) is 11.4. The van der Waals surface area contributed by atoms with Gasteiger partial charge in [-0.2, -0.15) is 0 Å². The number of carbonyl (C=O) groups is 1. The van der Waals surface area contributed by atoms with Crippen LogP contribution in [0.5, 0.6) is 0 Å². The fourth-order valence-electron chi connectivity index (χ4n) is 1.13. The molecule has 0 aliphatic rings. The van der Waals surface area contributed by atoms with Crippen LogP contribution in [0.25, 0.3) is 0 Å². The fourth-order valence-corrected chi connectivity index (χ4v) is 1.52. The van der Waals surface area contributed by atoms with Gasteiger partial charge in [-0.15, -0.1) is 0 Å². The van der Waals surface area contributed by atoms with Crippen LogP contribution in [0.1, 0.15) is 20.3 Å². The van der Waals surface area contributed by atoms with Gasteiger partial charge in [0.2, 0.25) is 5.91 Å². The highest BCUT2D eigenvalue weighted by atomic mass is 79.9. The molecule has 0 aromatic heterocycles. The summed E-state index contributed by atoms with van der Waals surface area (Å²) >= 11 is 3.38. The van der Waals surface area contributed by atoms with E-state index in [-0.39, 0.29) is 5.91 Å². The van der Waals surface area contributed by atoms with Gasteiger partial charge in [0, 0.05) is 10.9 Å². The standard InChI is InChI=1S/C11H14BrNO/c1-8(2)7-11(14)13-10-6-4-3-5-9(10)12/h3-6,8H,7H2,1-2H3,(H,13,14). The van der Waals surface area contributed by atoms with E-state index in [1.807, 2.05) is 38.1 Å². The van der Waals surface area contributed by atoms with Crippen molar-refractivity contribution in [1.29, 1.82) is 0 Å². The summed E-state index contributed by atoms with van der Waals surface area (Å²) in [6.45, 7) is 4.05. The molecule has 0 heterocycles. The summed E-state index contributed by atoms with van der Waals surface area (Å²) in [6.07, 6.45) is 0.557. The highest BCUT2D eigenvalue weighted by Crippen LogP contribution is 2.21. The van der Waals surface area contributed by atoms with Gasteiger partial charge < -0.3 is 5.32 Å². The van der Waals surface area contributed by atoms with E-state index in [0.717, 1.165) is 10.2 Å². The van der Waals surface area contributed by atoms with Crippen molar-refractivity contribution in [3.63, 3.8) is 0 Å². The van der Waals surface area contributed by atoms with Crippen LogP contribution in [0.4, 0.5) is 5.69 Å². The molecule has 1 amide bonds. The number of hydrogen-bond donors (Lipinski definition) is 1. The predicted molar refractivity (Wildman–Crippen MR) is 62.2 cm³/mol. The number of para-hydroxylation sites is 1. The molecule has 1 aromatic rings. The van der Waals surface area contributed by atoms with Crippen LogP contribution in [0.3, 0.4) is 0 Å². The molecule has 2 nitrogen and oxygen atoms in total. The van der Waals surface area contributed by atoms with Gasteiger partial charge in [0.15, 0.2) is 0 Å². The first-order chi connectivity index (χ1) is 6.59. The van der Waals surface area contributed by atoms with Crippen LogP contribution in [0.15, 0.2) is 28.7 Å². The molecule has 76 valence electrons. The number of rotatable bonds is 3. The predicted octanol–water partition coefficient (Wildman–Crippen LogP) is 3.43. The maximum atomic E-state index is 11.4. The lowest BCUT2D eigenvalue weighted by molar-refractivity contribution is -0.116. The van der Waals surface area contributed by atoms with Crippen LogP contribution < -0.4 is 5.32 Å². The molecule has 0 atom stereocenters. The zero-order chi connectivity index (χ0) is 10.6. The van der Waals surface area contributed by atoms with E-state index < -0.39 is 0 Å². The van der Waals surface area contributed by atoms with Crippen molar-refractivity contribution in [3.8, 4) is 0 Å². The highest BCUT2D eigenvalue weighted by Gasteiger charge is 2.06. The van der Waals surface area contributed by atoms with Gasteiger partial charge >= 0.3 is 0 Å². The molecule has 0 saturated carbocycles. The molecule has 0 aliphatic carbocycles. The lowest BCUT2D eigenvalue weighted by atomic mass is 10.1. The van der Waals surface area contributed by atoms with Gasteiger partial charge in [0.25, 0.3) is 0 Å². The van der Waals surface area contributed by atoms with E-state index >= 15 is 0 Å². The summed E-state index contributed by atoms with van der Waals surface area (Å²) in [5.74, 6) is 0.449. The van der Waals surface area contributed by atoms with Crippen molar-refractivity contribution in [2.45, 2.75) is 20.3 Å². The maximum absolute atomic E-state index is 11.4. The Morgan fingerprint density at radius 2 is 2.07 bits per heavy atom. The first kappa shape index (κ1) is 11.2. The van der Waals surface area contributed by atoms with Gasteiger partial charge in [0.05, 0.1) is 5.69 Å². The number of nitrogens with one attached hydrogen (secondary N) is 1. The number of carbonyl (C=O) groups excluding carboxylic acids is 1. The SMILES string of the molecule is CC(C)CC(=O)Nc1ccccc1Br. The highest BCUT2D eigenvalue weighted by molar-refractivity contribution is 9.10. The average Bonchev–Trinajstić information content (AvgIpc) is 2.07. The van der Waals surface area contributed by atoms with Crippen molar-refractivity contribution >= 4 is 27.5 Å². The molecular formula is C11H14BrNO. The molecule has 0 aliphatic heterocycles. The molecule has 0 saturated heterocycles. The van der Waals surface area contributed by atoms with Crippen LogP contribution >= 0.6 is 15.9 Å². The molecule has 0 bridgehead atoms. The molecule has 0 radical (unpaired) electrons. The Kier molecular flexibility index (Phi) is 4.14. The molecule has 1 N–H and O–H groups in total. The third-order valence-electron chi connectivity index (χ3n) is 1.74. The summed E-state index contributed by atoms with van der Waals surface area (Å²) in [5.41, 5.74) is 0.832. The monoisotopic (exact) mass is 255 g/mol. The number of amides is 1. The summed E-state index contributed by atoms with van der Waals surface area (Å²) in [6, 6.07) is 7.60. The first-order valence-electron chi connectivity index (χ1n) is 4.64. The van der Waals surface area contributed by atoms with E-state index in [1.54, 1.807) is 0 Å². The normalized spacial score (nSPS) is 10.3. The quantitative estimate of drug-likeness (QED) is 0.881. The summed E-state index contributed by atoms with van der Waals surface area (Å²) in [7, 11) is 0. The van der Waals surface area contributed by atoms with Crippen molar-refractivity contribution in [2.75, 3.05) is 5.32 Å². The van der Waals surface area contributed by atoms with Crippen LogP contribution in [-0.4, -0.2) is 5.91 Å². The first-order valence-corrected chi connectivity index (χ1v) is 5.43. The zero-order valence-electron chi connectivity index (χ0n) is 8.38. The Labute approximate surface area is 92.8 Å². The Balaban J connectivity index is 2.61. The van der Waals surface area contributed by atoms with E-state index in [1.165, 1.54) is 0 Å². The number of hydrogen-bond acceptors (Lipinski definition) is 1. The van der Waals surface area contributed by atoms with Crippen molar-refractivity contribution in [2.24, 2.45) is 5.92 Å². The van der Waals surface area contributed by atoms with Gasteiger partial charge in [0.1, 0.15) is 0 Å². The van der Waals surface area contributed by atoms with Crippen LogP contribution in [-0.2, 0) is 4.79 Å². The molecule has 3 heteroatoms. The van der Waals surface area contributed by atoms with Gasteiger partial charge in [-0.05, 0) is 34.0 Å². The number of halogens is 1. The lowest BCUT2D eigenvalue weighted by Gasteiger charge is -2.08. The largest absolute Gasteiger partial charge is 0.325 e. The topological polar surface area (TPSA) is 29.1 Å². The molecule has 0 fully saturated rings. The second kappa shape index (κ2) is 5.15. The van der Waals surface area contributed by atoms with Crippen molar-refractivity contribution in [3.05, 3.63) is 28.7 Å². The Morgan fingerprint density at radius 1 is 1.43 bits per heavy atom. The molecular weight excluding hydrogens is 242 g/mol. The minimum absolute atomic E-state index is 0.0619. The Morgan fingerprint density at radius 3 is 2.64 bits per heavy atom. The maximum Gasteiger partial charge on any atom is 0.224 e. The smallest absolute Gasteiger partial charge is 0.224 e. The molecule has 14 heavy (non-hydrogen) atoms. The van der Waals surface area contributed by atoms with E-state index in [9.17, 15) is 4.79 Å². The third-order valence-corrected chi connectivity index (χ3v) is 2.43. The van der Waals surface area contributed by atoms with Crippen molar-refractivity contribution in [1.82, 2.24) is 0 Å². The van der Waals surface area contributed by atoms with Crippen LogP contribution in [0, 0.1) is 5.92 Å². The Bertz CT molecular complexity index is 323. The Hall–Kier alpha value is -0.830. The average molecular weight is 256 g/mol. The molecule has 0 spiro atoms. The third kappa shape index (κ3) is 3.50. The van der Waals surface area contributed by atoms with Crippen LogP contribution in [0.2, 0.25) is 0 Å². The lowest BCUT2D eigenvalue weighted by Crippen LogP contribution is -2.13. The summed E-state index contributed by atoms with van der Waals surface area (Å²) < 4.78 is 0.914. The zero-order valence-corrected chi connectivity index (χ0v) is 9.97. The fraction of sp³-hybridized carbons (Fsp3) is 0.364. The number of anilines is 1. The minimum atomic E-state index is 0.0619. The molecule has 0 unspecified atom stereocenters. The molecule has 1 rings (SSSR count). The van der Waals surface area contributed by atoms with E-state index in [2.05, 4.69) is 21.2 Å².